The van der Waals surface area contributed by atoms with Gasteiger partial charge in [-0.25, -0.2) is 0 Å². The van der Waals surface area contributed by atoms with E-state index in [1.807, 2.05) is 30.3 Å². The van der Waals surface area contributed by atoms with Gasteiger partial charge >= 0.3 is 0 Å². The maximum Gasteiger partial charge on any atom is 0.255 e. The zero-order valence-electron chi connectivity index (χ0n) is 14.2. The van der Waals surface area contributed by atoms with Crippen LogP contribution in [0.3, 0.4) is 0 Å². The highest BCUT2D eigenvalue weighted by molar-refractivity contribution is 6.04. The summed E-state index contributed by atoms with van der Waals surface area (Å²) in [6, 6.07) is 16.5. The van der Waals surface area contributed by atoms with Gasteiger partial charge in [0.1, 0.15) is 0 Å². The number of piperidine rings is 1. The summed E-state index contributed by atoms with van der Waals surface area (Å²) in [5.74, 6) is -0.220. The molecule has 0 spiro atoms. The molecule has 1 aliphatic heterocycles. The number of benzene rings is 2. The highest BCUT2D eigenvalue weighted by atomic mass is 16.5. The van der Waals surface area contributed by atoms with Gasteiger partial charge in [0, 0.05) is 37.1 Å². The van der Waals surface area contributed by atoms with Gasteiger partial charge in [0.25, 0.3) is 5.91 Å². The zero-order valence-corrected chi connectivity index (χ0v) is 14.2. The van der Waals surface area contributed by atoms with Crippen LogP contribution in [0.15, 0.2) is 48.5 Å². The van der Waals surface area contributed by atoms with Gasteiger partial charge in [-0.3, -0.25) is 4.79 Å². The number of nitriles is 1. The fraction of sp³-hybridized carbons (Fsp3) is 0.300. The molecule has 0 unspecified atom stereocenters. The number of hydrogen-bond acceptors (Lipinski definition) is 4. The number of nitrogens with zero attached hydrogens (tertiary/aromatic N) is 2. The molecule has 5 nitrogen and oxygen atoms in total. The maximum atomic E-state index is 12.3. The Bertz CT molecular complexity index is 780. The molecule has 1 heterocycles. The van der Waals surface area contributed by atoms with E-state index in [1.54, 1.807) is 31.4 Å². The Balaban J connectivity index is 1.66. The predicted octanol–water partition coefficient (Wildman–Crippen LogP) is 3.43. The molecular weight excluding hydrogens is 314 g/mol. The number of anilines is 2. The van der Waals surface area contributed by atoms with Crippen molar-refractivity contribution in [3.63, 3.8) is 0 Å². The molecule has 0 bridgehead atoms. The van der Waals surface area contributed by atoms with E-state index in [1.165, 1.54) is 0 Å². The molecule has 1 saturated heterocycles. The van der Waals surface area contributed by atoms with Crippen LogP contribution in [0, 0.1) is 11.3 Å². The average Bonchev–Trinajstić information content (AvgIpc) is 2.68. The highest BCUT2D eigenvalue weighted by Gasteiger charge is 2.19. The van der Waals surface area contributed by atoms with Crippen LogP contribution in [0.4, 0.5) is 11.4 Å². The van der Waals surface area contributed by atoms with Gasteiger partial charge in [0.15, 0.2) is 0 Å². The van der Waals surface area contributed by atoms with Gasteiger partial charge < -0.3 is 15.0 Å². The van der Waals surface area contributed by atoms with Crippen molar-refractivity contribution in [2.24, 2.45) is 0 Å². The number of amides is 1. The van der Waals surface area contributed by atoms with Gasteiger partial charge in [-0.05, 0) is 55.3 Å². The SMILES string of the molecule is CO[C@H]1CCCN(c2ccc(NC(=O)c3cccc(C#N)c3)cc2)C1. The van der Waals surface area contributed by atoms with Crippen molar-refractivity contribution in [1.82, 2.24) is 0 Å². The van der Waals surface area contributed by atoms with Crippen LogP contribution in [0.25, 0.3) is 0 Å². The Morgan fingerprint density at radius 1 is 1.28 bits per heavy atom. The quantitative estimate of drug-likeness (QED) is 0.930. The number of carbonyl (C=O) groups is 1. The number of hydrogen-bond donors (Lipinski definition) is 1. The molecule has 2 aromatic carbocycles. The molecule has 1 N–H and O–H groups in total. The van der Waals surface area contributed by atoms with Crippen LogP contribution in [0.5, 0.6) is 0 Å². The van der Waals surface area contributed by atoms with E-state index >= 15 is 0 Å². The lowest BCUT2D eigenvalue weighted by molar-refractivity contribution is 0.0893. The van der Waals surface area contributed by atoms with E-state index in [9.17, 15) is 4.79 Å². The van der Waals surface area contributed by atoms with Crippen molar-refractivity contribution in [2.45, 2.75) is 18.9 Å². The maximum absolute atomic E-state index is 12.3. The lowest BCUT2D eigenvalue weighted by Crippen LogP contribution is -2.39. The van der Waals surface area contributed by atoms with Crippen LogP contribution in [0.1, 0.15) is 28.8 Å². The first-order valence-corrected chi connectivity index (χ1v) is 8.39. The molecule has 0 aromatic heterocycles. The number of ether oxygens (including phenoxy) is 1. The molecule has 25 heavy (non-hydrogen) atoms. The number of rotatable bonds is 4. The third-order valence-electron chi connectivity index (χ3n) is 4.46. The molecule has 1 atom stereocenters. The summed E-state index contributed by atoms with van der Waals surface area (Å²) in [5.41, 5.74) is 2.81. The molecule has 1 fully saturated rings. The molecule has 1 amide bonds. The fourth-order valence-electron chi connectivity index (χ4n) is 3.05. The third-order valence-corrected chi connectivity index (χ3v) is 4.46. The summed E-state index contributed by atoms with van der Waals surface area (Å²) in [6.45, 7) is 1.91. The summed E-state index contributed by atoms with van der Waals surface area (Å²) in [6.07, 6.45) is 2.50. The predicted molar refractivity (Wildman–Crippen MR) is 97.8 cm³/mol. The minimum atomic E-state index is -0.220. The normalized spacial score (nSPS) is 17.0. The van der Waals surface area contributed by atoms with Crippen LogP contribution in [0.2, 0.25) is 0 Å². The first-order chi connectivity index (χ1) is 12.2. The summed E-state index contributed by atoms with van der Waals surface area (Å²) >= 11 is 0. The van der Waals surface area contributed by atoms with E-state index in [4.69, 9.17) is 10.00 Å². The van der Waals surface area contributed by atoms with Crippen molar-refractivity contribution in [2.75, 3.05) is 30.4 Å². The minimum Gasteiger partial charge on any atom is -0.380 e. The lowest BCUT2D eigenvalue weighted by Gasteiger charge is -2.33. The van der Waals surface area contributed by atoms with Gasteiger partial charge in [-0.15, -0.1) is 0 Å². The van der Waals surface area contributed by atoms with Gasteiger partial charge in [-0.2, -0.15) is 5.26 Å². The molecular formula is C20H21N3O2. The molecule has 1 aliphatic rings. The van der Waals surface area contributed by atoms with Crippen LogP contribution in [-0.4, -0.2) is 32.2 Å². The van der Waals surface area contributed by atoms with Crippen LogP contribution in [-0.2, 0) is 4.74 Å². The molecule has 0 saturated carbocycles. The number of methoxy groups -OCH3 is 1. The number of nitrogens with one attached hydrogen (secondary N) is 1. The second-order valence-corrected chi connectivity index (χ2v) is 6.14. The van der Waals surface area contributed by atoms with Crippen molar-refractivity contribution in [1.29, 1.82) is 5.26 Å². The monoisotopic (exact) mass is 335 g/mol. The van der Waals surface area contributed by atoms with Crippen molar-refractivity contribution in [3.05, 3.63) is 59.7 Å². The van der Waals surface area contributed by atoms with Crippen molar-refractivity contribution >= 4 is 17.3 Å². The standard InChI is InChI=1S/C20H21N3O2/c1-25-19-6-3-11-23(14-19)18-9-7-17(8-10-18)22-20(24)16-5-2-4-15(12-16)13-21/h2,4-5,7-10,12,19H,3,6,11,14H2,1H3,(H,22,24)/t19-/m0/s1. The van der Waals surface area contributed by atoms with E-state index in [0.29, 0.717) is 11.1 Å². The van der Waals surface area contributed by atoms with Crippen molar-refractivity contribution in [3.8, 4) is 6.07 Å². The average molecular weight is 335 g/mol. The van der Waals surface area contributed by atoms with Crippen LogP contribution < -0.4 is 10.2 Å². The highest BCUT2D eigenvalue weighted by Crippen LogP contribution is 2.23. The summed E-state index contributed by atoms with van der Waals surface area (Å²) in [7, 11) is 1.76. The van der Waals surface area contributed by atoms with Crippen LogP contribution >= 0.6 is 0 Å². The molecule has 0 aliphatic carbocycles. The lowest BCUT2D eigenvalue weighted by atomic mass is 10.1. The fourth-order valence-corrected chi connectivity index (χ4v) is 3.05. The molecule has 128 valence electrons. The van der Waals surface area contributed by atoms with Gasteiger partial charge in [-0.1, -0.05) is 6.07 Å². The first kappa shape index (κ1) is 17.0. The smallest absolute Gasteiger partial charge is 0.255 e. The molecule has 0 radical (unpaired) electrons. The largest absolute Gasteiger partial charge is 0.380 e. The van der Waals surface area contributed by atoms with E-state index in [0.717, 1.165) is 37.3 Å². The number of carbonyl (C=O) groups excluding carboxylic acids is 1. The van der Waals surface area contributed by atoms with Crippen molar-refractivity contribution < 1.29 is 9.53 Å². The molecule has 2 aromatic rings. The van der Waals surface area contributed by atoms with Gasteiger partial charge in [0.2, 0.25) is 0 Å². The molecule has 3 rings (SSSR count). The topological polar surface area (TPSA) is 65.4 Å². The molecule has 5 heteroatoms. The Morgan fingerprint density at radius 2 is 2.08 bits per heavy atom. The Kier molecular flexibility index (Phi) is 5.32. The third kappa shape index (κ3) is 4.17. The second-order valence-electron chi connectivity index (χ2n) is 6.14. The Hall–Kier alpha value is -2.84. The van der Waals surface area contributed by atoms with Gasteiger partial charge in [0.05, 0.1) is 17.7 Å². The summed E-state index contributed by atoms with van der Waals surface area (Å²) in [5, 5.41) is 11.8. The zero-order chi connectivity index (χ0) is 17.6. The first-order valence-electron chi connectivity index (χ1n) is 8.39. The van der Waals surface area contributed by atoms with E-state index < -0.39 is 0 Å². The Morgan fingerprint density at radius 3 is 2.80 bits per heavy atom. The van der Waals surface area contributed by atoms with E-state index in [2.05, 4.69) is 10.2 Å². The van der Waals surface area contributed by atoms with E-state index in [-0.39, 0.29) is 12.0 Å². The minimum absolute atomic E-state index is 0.220. The summed E-state index contributed by atoms with van der Waals surface area (Å²) in [4.78, 5) is 14.6. The second kappa shape index (κ2) is 7.82. The summed E-state index contributed by atoms with van der Waals surface area (Å²) < 4.78 is 5.47. The Labute approximate surface area is 147 Å².